The van der Waals surface area contributed by atoms with Gasteiger partial charge in [-0.15, -0.1) is 10.2 Å². The summed E-state index contributed by atoms with van der Waals surface area (Å²) in [5, 5.41) is 11.3. The molecule has 144 valence electrons. The summed E-state index contributed by atoms with van der Waals surface area (Å²) in [7, 11) is 0. The lowest BCUT2D eigenvalue weighted by Crippen LogP contribution is -2.36. The van der Waals surface area contributed by atoms with E-state index in [1.807, 2.05) is 37.3 Å². The number of amides is 1. The minimum atomic E-state index is -0.425. The predicted molar refractivity (Wildman–Crippen MR) is 105 cm³/mol. The standard InChI is InChI=1S/C21H28N4O2/c1-3-16(22-17(26)14-21(2)12-8-5-9-13-21)18-20(27)23-19(25-24-18)15-10-6-4-7-11-15/h4,6-7,10-11,16H,3,5,8-9,12-14H2,1-2H3,(H,22,26)(H,23,25,27). The predicted octanol–water partition coefficient (Wildman–Crippen LogP) is 3.76. The van der Waals surface area contributed by atoms with Gasteiger partial charge in [-0.1, -0.05) is 63.4 Å². The van der Waals surface area contributed by atoms with Crippen molar-refractivity contribution in [2.24, 2.45) is 5.41 Å². The fourth-order valence-corrected chi connectivity index (χ4v) is 3.88. The van der Waals surface area contributed by atoms with Crippen molar-refractivity contribution in [2.75, 3.05) is 0 Å². The maximum atomic E-state index is 12.6. The van der Waals surface area contributed by atoms with Crippen LogP contribution in [0.25, 0.3) is 11.4 Å². The molecule has 1 heterocycles. The number of nitrogens with one attached hydrogen (secondary N) is 2. The Kier molecular flexibility index (Phi) is 6.04. The molecule has 0 radical (unpaired) electrons. The normalized spacial score (nSPS) is 17.3. The van der Waals surface area contributed by atoms with Crippen LogP contribution in [0.5, 0.6) is 0 Å². The summed E-state index contributed by atoms with van der Waals surface area (Å²) >= 11 is 0. The Labute approximate surface area is 159 Å². The molecule has 1 amide bonds. The molecule has 1 aliphatic carbocycles. The number of rotatable bonds is 6. The van der Waals surface area contributed by atoms with Crippen molar-refractivity contribution in [3.8, 4) is 11.4 Å². The zero-order valence-electron chi connectivity index (χ0n) is 16.1. The van der Waals surface area contributed by atoms with Gasteiger partial charge in [0.25, 0.3) is 5.56 Å². The third kappa shape index (κ3) is 4.81. The van der Waals surface area contributed by atoms with E-state index in [-0.39, 0.29) is 22.6 Å². The Morgan fingerprint density at radius 3 is 2.52 bits per heavy atom. The largest absolute Gasteiger partial charge is 0.347 e. The van der Waals surface area contributed by atoms with Crippen LogP contribution in [0.4, 0.5) is 0 Å². The Balaban J connectivity index is 1.71. The summed E-state index contributed by atoms with van der Waals surface area (Å²) in [4.78, 5) is 27.9. The molecule has 0 aliphatic heterocycles. The third-order valence-corrected chi connectivity index (χ3v) is 5.49. The van der Waals surface area contributed by atoms with E-state index in [0.29, 0.717) is 18.7 Å². The number of hydrogen-bond donors (Lipinski definition) is 2. The molecule has 0 bridgehead atoms. The van der Waals surface area contributed by atoms with Gasteiger partial charge in [0.2, 0.25) is 5.91 Å². The number of carbonyl (C=O) groups excluding carboxylic acids is 1. The summed E-state index contributed by atoms with van der Waals surface area (Å²) in [5.41, 5.74) is 0.825. The van der Waals surface area contributed by atoms with Crippen molar-refractivity contribution in [1.29, 1.82) is 0 Å². The van der Waals surface area contributed by atoms with E-state index < -0.39 is 6.04 Å². The Morgan fingerprint density at radius 1 is 1.19 bits per heavy atom. The summed E-state index contributed by atoms with van der Waals surface area (Å²) < 4.78 is 0. The number of carbonyl (C=O) groups is 1. The van der Waals surface area contributed by atoms with E-state index in [1.165, 1.54) is 19.3 Å². The van der Waals surface area contributed by atoms with Crippen LogP contribution >= 0.6 is 0 Å². The van der Waals surface area contributed by atoms with E-state index in [4.69, 9.17) is 0 Å². The van der Waals surface area contributed by atoms with Gasteiger partial charge in [-0.25, -0.2) is 0 Å². The summed E-state index contributed by atoms with van der Waals surface area (Å²) in [6.07, 6.45) is 6.89. The molecule has 1 fully saturated rings. The number of aromatic nitrogens is 3. The molecule has 2 aromatic rings. The number of nitrogens with zero attached hydrogens (tertiary/aromatic N) is 2. The van der Waals surface area contributed by atoms with Crippen LogP contribution in [-0.2, 0) is 4.79 Å². The van der Waals surface area contributed by atoms with Crippen molar-refractivity contribution in [3.05, 3.63) is 46.4 Å². The molecule has 3 rings (SSSR count). The molecule has 1 aromatic heterocycles. The van der Waals surface area contributed by atoms with Gasteiger partial charge < -0.3 is 10.3 Å². The topological polar surface area (TPSA) is 87.7 Å². The van der Waals surface area contributed by atoms with Gasteiger partial charge in [-0.05, 0) is 24.7 Å². The second-order valence-electron chi connectivity index (χ2n) is 7.83. The highest BCUT2D eigenvalue weighted by Gasteiger charge is 2.30. The van der Waals surface area contributed by atoms with Crippen LogP contribution in [0.2, 0.25) is 0 Å². The third-order valence-electron chi connectivity index (χ3n) is 5.49. The lowest BCUT2D eigenvalue weighted by molar-refractivity contribution is -0.124. The van der Waals surface area contributed by atoms with E-state index in [2.05, 4.69) is 27.4 Å². The molecule has 27 heavy (non-hydrogen) atoms. The van der Waals surface area contributed by atoms with Crippen molar-refractivity contribution in [1.82, 2.24) is 20.5 Å². The van der Waals surface area contributed by atoms with Crippen molar-refractivity contribution in [2.45, 2.75) is 64.8 Å². The van der Waals surface area contributed by atoms with Crippen LogP contribution in [-0.4, -0.2) is 21.1 Å². The van der Waals surface area contributed by atoms with Crippen molar-refractivity contribution in [3.63, 3.8) is 0 Å². The number of aromatic amines is 1. The molecule has 1 aromatic carbocycles. The van der Waals surface area contributed by atoms with Gasteiger partial charge in [0, 0.05) is 12.0 Å². The molecule has 1 atom stereocenters. The van der Waals surface area contributed by atoms with E-state index in [9.17, 15) is 9.59 Å². The molecule has 0 saturated heterocycles. The summed E-state index contributed by atoms with van der Waals surface area (Å²) in [6.45, 7) is 4.12. The van der Waals surface area contributed by atoms with Gasteiger partial charge in [0.05, 0.1) is 6.04 Å². The number of H-pyrrole nitrogens is 1. The highest BCUT2D eigenvalue weighted by molar-refractivity contribution is 5.77. The van der Waals surface area contributed by atoms with Crippen LogP contribution < -0.4 is 10.9 Å². The second-order valence-corrected chi connectivity index (χ2v) is 7.83. The maximum Gasteiger partial charge on any atom is 0.275 e. The van der Waals surface area contributed by atoms with Gasteiger partial charge in [0.1, 0.15) is 0 Å². The fourth-order valence-electron chi connectivity index (χ4n) is 3.88. The minimum absolute atomic E-state index is 0.0143. The summed E-state index contributed by atoms with van der Waals surface area (Å²) in [6, 6.07) is 8.96. The molecule has 1 saturated carbocycles. The molecule has 1 unspecified atom stereocenters. The maximum absolute atomic E-state index is 12.6. The molecular formula is C21H28N4O2. The summed E-state index contributed by atoms with van der Waals surface area (Å²) in [5.74, 6) is 0.417. The number of benzene rings is 1. The van der Waals surface area contributed by atoms with Gasteiger partial charge >= 0.3 is 0 Å². The van der Waals surface area contributed by atoms with E-state index >= 15 is 0 Å². The van der Waals surface area contributed by atoms with E-state index in [0.717, 1.165) is 18.4 Å². The first kappa shape index (κ1) is 19.3. The van der Waals surface area contributed by atoms with Crippen LogP contribution in [0.15, 0.2) is 35.1 Å². The zero-order chi connectivity index (χ0) is 19.3. The first-order valence-electron chi connectivity index (χ1n) is 9.82. The smallest absolute Gasteiger partial charge is 0.275 e. The lowest BCUT2D eigenvalue weighted by atomic mass is 9.73. The fraction of sp³-hybridized carbons (Fsp3) is 0.524. The zero-order valence-corrected chi connectivity index (χ0v) is 16.1. The monoisotopic (exact) mass is 368 g/mol. The van der Waals surface area contributed by atoms with Crippen molar-refractivity contribution >= 4 is 5.91 Å². The molecule has 1 aliphatic rings. The first-order valence-corrected chi connectivity index (χ1v) is 9.82. The Morgan fingerprint density at radius 2 is 1.89 bits per heavy atom. The van der Waals surface area contributed by atoms with E-state index in [1.54, 1.807) is 0 Å². The highest BCUT2D eigenvalue weighted by atomic mass is 16.2. The van der Waals surface area contributed by atoms with Gasteiger partial charge in [0.15, 0.2) is 11.5 Å². The Hall–Kier alpha value is -2.50. The minimum Gasteiger partial charge on any atom is -0.347 e. The van der Waals surface area contributed by atoms with Crippen LogP contribution in [0, 0.1) is 5.41 Å². The number of hydrogen-bond acceptors (Lipinski definition) is 4. The SMILES string of the molecule is CCC(NC(=O)CC1(C)CCCCC1)c1nnc(-c2ccccc2)[nH]c1=O. The van der Waals surface area contributed by atoms with Crippen molar-refractivity contribution < 1.29 is 4.79 Å². The average Bonchev–Trinajstić information content (AvgIpc) is 2.67. The molecular weight excluding hydrogens is 340 g/mol. The first-order chi connectivity index (χ1) is 13.0. The van der Waals surface area contributed by atoms with Crippen LogP contribution in [0.1, 0.15) is 70.5 Å². The van der Waals surface area contributed by atoms with Gasteiger partial charge in [-0.3, -0.25) is 9.59 Å². The van der Waals surface area contributed by atoms with Crippen LogP contribution in [0.3, 0.4) is 0 Å². The quantitative estimate of drug-likeness (QED) is 0.813. The molecule has 6 heteroatoms. The average molecular weight is 368 g/mol. The molecule has 6 nitrogen and oxygen atoms in total. The van der Waals surface area contributed by atoms with Gasteiger partial charge in [-0.2, -0.15) is 0 Å². The lowest BCUT2D eigenvalue weighted by Gasteiger charge is -2.33. The molecule has 0 spiro atoms. The molecule has 2 N–H and O–H groups in total. The highest BCUT2D eigenvalue weighted by Crippen LogP contribution is 2.38. The Bertz CT molecular complexity index is 826. The second kappa shape index (κ2) is 8.46.